The first kappa shape index (κ1) is 26.3. The van der Waals surface area contributed by atoms with Crippen molar-refractivity contribution >= 4 is 38.5 Å². The van der Waals surface area contributed by atoms with E-state index < -0.39 is 0 Å². The first-order chi connectivity index (χ1) is 22.8. The molecule has 218 valence electrons. The van der Waals surface area contributed by atoms with Crippen molar-refractivity contribution in [2.75, 3.05) is 0 Å². The first-order valence-corrected chi connectivity index (χ1v) is 15.5. The molecular weight excluding hydrogens is 566 g/mol. The van der Waals surface area contributed by atoms with Crippen LogP contribution in [-0.2, 0) is 0 Å². The zero-order valence-corrected chi connectivity index (χ0v) is 24.8. The molecule has 3 heterocycles. The van der Waals surface area contributed by atoms with Gasteiger partial charge < -0.3 is 8.98 Å². The van der Waals surface area contributed by atoms with Gasteiger partial charge in [0.25, 0.3) is 0 Å². The lowest BCUT2D eigenvalue weighted by molar-refractivity contribution is 0.620. The molecule has 46 heavy (non-hydrogen) atoms. The third-order valence-electron chi connectivity index (χ3n) is 8.57. The minimum absolute atomic E-state index is 0.610. The van der Waals surface area contributed by atoms with E-state index in [0.29, 0.717) is 23.4 Å². The Kier molecular flexibility index (Phi) is 6.16. The van der Waals surface area contributed by atoms with Crippen LogP contribution in [0.5, 0.6) is 0 Å². The second kappa shape index (κ2) is 10.8. The van der Waals surface area contributed by atoms with Gasteiger partial charge in [-0.3, -0.25) is 0 Å². The zero-order chi connectivity index (χ0) is 30.5. The fraction of sp³-hybridized carbons (Fsp3) is 0.0500. The molecule has 5 aromatic carbocycles. The molecule has 0 bridgehead atoms. The Morgan fingerprint density at radius 3 is 2.24 bits per heavy atom. The fourth-order valence-corrected chi connectivity index (χ4v) is 6.36. The van der Waals surface area contributed by atoms with Gasteiger partial charge in [-0.1, -0.05) is 91.0 Å². The van der Waals surface area contributed by atoms with Crippen molar-refractivity contribution in [1.29, 1.82) is 0 Å². The summed E-state index contributed by atoms with van der Waals surface area (Å²) in [4.78, 5) is 19.9. The van der Waals surface area contributed by atoms with Gasteiger partial charge in [0.05, 0.1) is 16.7 Å². The van der Waals surface area contributed by atoms with E-state index in [9.17, 15) is 0 Å². The van der Waals surface area contributed by atoms with Crippen molar-refractivity contribution in [2.45, 2.75) is 12.8 Å². The molecule has 0 atom stereocenters. The monoisotopic (exact) mass is 593 g/mol. The van der Waals surface area contributed by atoms with Crippen LogP contribution in [0.15, 0.2) is 144 Å². The van der Waals surface area contributed by atoms with Crippen molar-refractivity contribution in [1.82, 2.24) is 24.5 Å². The number of allylic oxidation sites excluding steroid dienone is 4. The van der Waals surface area contributed by atoms with Crippen LogP contribution in [0.1, 0.15) is 18.7 Å². The summed E-state index contributed by atoms with van der Waals surface area (Å²) >= 11 is 0. The summed E-state index contributed by atoms with van der Waals surface area (Å²) < 4.78 is 8.45. The highest BCUT2D eigenvalue weighted by atomic mass is 16.3. The molecule has 0 unspecified atom stereocenters. The van der Waals surface area contributed by atoms with E-state index in [1.54, 1.807) is 0 Å². The van der Waals surface area contributed by atoms with E-state index in [1.807, 2.05) is 60.7 Å². The average Bonchev–Trinajstić information content (AvgIpc) is 3.71. The van der Waals surface area contributed by atoms with Gasteiger partial charge in [-0.05, 0) is 66.9 Å². The predicted octanol–water partition coefficient (Wildman–Crippen LogP) is 9.84. The van der Waals surface area contributed by atoms with Gasteiger partial charge in [0, 0.05) is 27.5 Å². The molecule has 0 amide bonds. The van der Waals surface area contributed by atoms with E-state index in [0.717, 1.165) is 73.7 Å². The van der Waals surface area contributed by atoms with Crippen LogP contribution in [0.4, 0.5) is 0 Å². The summed E-state index contributed by atoms with van der Waals surface area (Å²) in [7, 11) is 0. The quantitative estimate of drug-likeness (QED) is 0.199. The number of oxazole rings is 1. The molecule has 8 aromatic rings. The summed E-state index contributed by atoms with van der Waals surface area (Å²) in [5.74, 6) is 2.63. The summed E-state index contributed by atoms with van der Waals surface area (Å²) in [5, 5.41) is 2.26. The van der Waals surface area contributed by atoms with Crippen LogP contribution < -0.4 is 0 Å². The van der Waals surface area contributed by atoms with Gasteiger partial charge in [0.2, 0.25) is 5.89 Å². The van der Waals surface area contributed by atoms with Gasteiger partial charge >= 0.3 is 0 Å². The molecule has 0 fully saturated rings. The third kappa shape index (κ3) is 4.42. The minimum Gasteiger partial charge on any atom is -0.436 e. The summed E-state index contributed by atoms with van der Waals surface area (Å²) in [6.45, 7) is 0. The lowest BCUT2D eigenvalue weighted by Gasteiger charge is -2.15. The molecule has 1 aliphatic rings. The number of rotatable bonds is 5. The lowest BCUT2D eigenvalue weighted by atomic mass is 10.0. The number of nitrogens with zero attached hydrogens (tertiary/aromatic N) is 5. The SMILES string of the molecule is C1=CCCC(c2nc(-c3ccccc3)nc(-c3ccccc3-n3c4ccccc4c4cc(-c5nc6ccccc6o5)ccc43)n2)=C1. The molecule has 3 aromatic heterocycles. The van der Waals surface area contributed by atoms with E-state index in [2.05, 4.69) is 83.5 Å². The van der Waals surface area contributed by atoms with Crippen LogP contribution in [0.2, 0.25) is 0 Å². The van der Waals surface area contributed by atoms with E-state index in [-0.39, 0.29) is 0 Å². The Balaban J connectivity index is 1.26. The minimum atomic E-state index is 0.610. The second-order valence-corrected chi connectivity index (χ2v) is 11.4. The van der Waals surface area contributed by atoms with E-state index in [4.69, 9.17) is 24.4 Å². The molecule has 6 heteroatoms. The van der Waals surface area contributed by atoms with Gasteiger partial charge in [-0.25, -0.2) is 19.9 Å². The number of hydrogen-bond donors (Lipinski definition) is 0. The topological polar surface area (TPSA) is 69.6 Å². The molecule has 0 saturated heterocycles. The summed E-state index contributed by atoms with van der Waals surface area (Å²) in [6, 6.07) is 41.3. The first-order valence-electron chi connectivity index (χ1n) is 15.5. The summed E-state index contributed by atoms with van der Waals surface area (Å²) in [6.07, 6.45) is 8.25. The van der Waals surface area contributed by atoms with Gasteiger partial charge in [0.15, 0.2) is 23.1 Å². The second-order valence-electron chi connectivity index (χ2n) is 11.4. The molecule has 0 spiro atoms. The van der Waals surface area contributed by atoms with E-state index in [1.165, 1.54) is 0 Å². The Hall–Kier alpha value is -6.14. The number of aromatic nitrogens is 5. The fourth-order valence-electron chi connectivity index (χ4n) is 6.36. The highest BCUT2D eigenvalue weighted by Gasteiger charge is 2.20. The van der Waals surface area contributed by atoms with Crippen molar-refractivity contribution in [2.24, 2.45) is 0 Å². The Labute approximate surface area is 265 Å². The molecule has 1 aliphatic carbocycles. The van der Waals surface area contributed by atoms with Crippen LogP contribution in [0, 0.1) is 0 Å². The Bertz CT molecular complexity index is 2450. The highest BCUT2D eigenvalue weighted by molar-refractivity contribution is 6.10. The molecule has 0 saturated carbocycles. The standard InChI is InChI=1S/C40H27N5O/c1-3-13-26(14-4-1)37-42-38(27-15-5-2-6-16-27)44-39(43-37)30-18-8-11-21-34(30)45-33-20-10-7-17-29(33)31-25-28(23-24-35(31)45)40-41-32-19-9-12-22-36(32)46-40/h1-5,7-15,17-25H,6,16H2. The molecule has 0 radical (unpaired) electrons. The molecule has 0 aliphatic heterocycles. The maximum Gasteiger partial charge on any atom is 0.227 e. The highest BCUT2D eigenvalue weighted by Crippen LogP contribution is 2.38. The molecule has 0 N–H and O–H groups in total. The van der Waals surface area contributed by atoms with Crippen molar-refractivity contribution in [3.05, 3.63) is 145 Å². The Morgan fingerprint density at radius 2 is 1.35 bits per heavy atom. The third-order valence-corrected chi connectivity index (χ3v) is 8.57. The number of benzene rings is 5. The Morgan fingerprint density at radius 1 is 0.587 bits per heavy atom. The van der Waals surface area contributed by atoms with Crippen molar-refractivity contribution < 1.29 is 4.42 Å². The zero-order valence-electron chi connectivity index (χ0n) is 24.8. The van der Waals surface area contributed by atoms with Crippen LogP contribution >= 0.6 is 0 Å². The number of hydrogen-bond acceptors (Lipinski definition) is 5. The van der Waals surface area contributed by atoms with Crippen molar-refractivity contribution in [3.63, 3.8) is 0 Å². The average molecular weight is 594 g/mol. The van der Waals surface area contributed by atoms with Gasteiger partial charge in [0.1, 0.15) is 5.52 Å². The lowest BCUT2D eigenvalue weighted by Crippen LogP contribution is -2.05. The number of fused-ring (bicyclic) bond motifs is 4. The smallest absolute Gasteiger partial charge is 0.227 e. The van der Waals surface area contributed by atoms with Crippen LogP contribution in [-0.4, -0.2) is 24.5 Å². The summed E-state index contributed by atoms with van der Waals surface area (Å²) in [5.41, 5.74) is 8.73. The van der Waals surface area contributed by atoms with Gasteiger partial charge in [-0.2, -0.15) is 0 Å². The molecule has 9 rings (SSSR count). The normalized spacial score (nSPS) is 13.1. The molecular formula is C40H27N5O. The maximum atomic E-state index is 6.14. The molecule has 6 nitrogen and oxygen atoms in total. The predicted molar refractivity (Wildman–Crippen MR) is 184 cm³/mol. The van der Waals surface area contributed by atoms with Crippen LogP contribution in [0.25, 0.3) is 78.4 Å². The maximum absolute atomic E-state index is 6.14. The van der Waals surface area contributed by atoms with E-state index >= 15 is 0 Å². The largest absolute Gasteiger partial charge is 0.436 e. The van der Waals surface area contributed by atoms with Crippen molar-refractivity contribution in [3.8, 4) is 39.9 Å². The van der Waals surface area contributed by atoms with Crippen LogP contribution in [0.3, 0.4) is 0 Å². The van der Waals surface area contributed by atoms with Gasteiger partial charge in [-0.15, -0.1) is 0 Å². The number of para-hydroxylation sites is 4.